The standard InChI is InChI=1S/C17H17F2N5O3S.HI/c1-20-16(22-7-11-8-24-2-3-28-17(24)23-11)21-6-10-4-13-14(26-9-25-13)5-12(10)27-15(18)19;/h2-5,8,15H,6-7,9H2,1H3,(H2,20,21,22);1H. The molecule has 3 heterocycles. The predicted molar refractivity (Wildman–Crippen MR) is 115 cm³/mol. The summed E-state index contributed by atoms with van der Waals surface area (Å²) in [6, 6.07) is 3.02. The van der Waals surface area contributed by atoms with E-state index in [2.05, 4.69) is 25.3 Å². The molecule has 0 amide bonds. The largest absolute Gasteiger partial charge is 0.454 e. The third-order valence-corrected chi connectivity index (χ3v) is 4.79. The van der Waals surface area contributed by atoms with Gasteiger partial charge in [-0.05, 0) is 6.07 Å². The summed E-state index contributed by atoms with van der Waals surface area (Å²) in [5, 5.41) is 8.18. The molecule has 29 heavy (non-hydrogen) atoms. The second kappa shape index (κ2) is 9.43. The molecule has 12 heteroatoms. The second-order valence-corrected chi connectivity index (χ2v) is 6.67. The molecule has 1 aromatic carbocycles. The Labute approximate surface area is 185 Å². The Balaban J connectivity index is 0.00000240. The highest BCUT2D eigenvalue weighted by atomic mass is 127. The van der Waals surface area contributed by atoms with Crippen LogP contribution in [0, 0.1) is 0 Å². The topological polar surface area (TPSA) is 81.4 Å². The fourth-order valence-corrected chi connectivity index (χ4v) is 3.46. The highest BCUT2D eigenvalue weighted by molar-refractivity contribution is 14.0. The minimum atomic E-state index is -2.94. The Morgan fingerprint density at radius 3 is 2.79 bits per heavy atom. The molecule has 0 radical (unpaired) electrons. The number of hydrogen-bond donors (Lipinski definition) is 2. The summed E-state index contributed by atoms with van der Waals surface area (Å²) < 4.78 is 42.5. The van der Waals surface area contributed by atoms with Gasteiger partial charge in [0, 0.05) is 43.0 Å². The molecule has 2 N–H and O–H groups in total. The van der Waals surface area contributed by atoms with Crippen molar-refractivity contribution in [3.05, 3.63) is 41.2 Å². The number of imidazole rings is 1. The summed E-state index contributed by atoms with van der Waals surface area (Å²) in [5.41, 5.74) is 1.36. The van der Waals surface area contributed by atoms with Crippen molar-refractivity contribution in [2.45, 2.75) is 19.7 Å². The fraction of sp³-hybridized carbons (Fsp3) is 0.294. The molecule has 8 nitrogen and oxygen atoms in total. The highest BCUT2D eigenvalue weighted by Gasteiger charge is 2.20. The lowest BCUT2D eigenvalue weighted by Gasteiger charge is -2.15. The van der Waals surface area contributed by atoms with Crippen molar-refractivity contribution in [3.8, 4) is 17.2 Å². The summed E-state index contributed by atoms with van der Waals surface area (Å²) in [5.74, 6) is 1.38. The number of guanidine groups is 1. The van der Waals surface area contributed by atoms with Gasteiger partial charge in [0.15, 0.2) is 22.4 Å². The molecule has 1 aliphatic rings. The van der Waals surface area contributed by atoms with Gasteiger partial charge in [-0.15, -0.1) is 35.3 Å². The van der Waals surface area contributed by atoms with Gasteiger partial charge in [-0.25, -0.2) is 4.98 Å². The zero-order chi connectivity index (χ0) is 19.5. The number of aromatic nitrogens is 2. The van der Waals surface area contributed by atoms with Crippen LogP contribution in [0.25, 0.3) is 4.96 Å². The number of ether oxygens (including phenoxy) is 3. The molecule has 156 valence electrons. The van der Waals surface area contributed by atoms with Crippen molar-refractivity contribution in [1.29, 1.82) is 0 Å². The summed E-state index contributed by atoms with van der Waals surface area (Å²) in [7, 11) is 1.62. The first-order valence-electron chi connectivity index (χ1n) is 8.35. The van der Waals surface area contributed by atoms with Crippen LogP contribution in [0.5, 0.6) is 17.2 Å². The molecule has 0 bridgehead atoms. The zero-order valence-electron chi connectivity index (χ0n) is 15.2. The average molecular weight is 537 g/mol. The quantitative estimate of drug-likeness (QED) is 0.286. The molecule has 3 aromatic rings. The molecule has 0 saturated heterocycles. The van der Waals surface area contributed by atoms with Gasteiger partial charge in [-0.2, -0.15) is 8.78 Å². The Morgan fingerprint density at radius 2 is 2.07 bits per heavy atom. The van der Waals surface area contributed by atoms with Crippen LogP contribution in [0.4, 0.5) is 8.78 Å². The number of nitrogens with one attached hydrogen (secondary N) is 2. The molecule has 4 rings (SSSR count). The molecule has 2 aromatic heterocycles. The van der Waals surface area contributed by atoms with Gasteiger partial charge in [-0.1, -0.05) is 0 Å². The van der Waals surface area contributed by atoms with Crippen molar-refractivity contribution in [3.63, 3.8) is 0 Å². The minimum Gasteiger partial charge on any atom is -0.454 e. The van der Waals surface area contributed by atoms with Gasteiger partial charge >= 0.3 is 6.61 Å². The van der Waals surface area contributed by atoms with E-state index < -0.39 is 6.61 Å². The van der Waals surface area contributed by atoms with E-state index in [1.165, 1.54) is 6.07 Å². The summed E-state index contributed by atoms with van der Waals surface area (Å²) >= 11 is 1.55. The van der Waals surface area contributed by atoms with Crippen LogP contribution < -0.4 is 24.8 Å². The number of hydrogen-bond acceptors (Lipinski definition) is 6. The van der Waals surface area contributed by atoms with Crippen molar-refractivity contribution in [1.82, 2.24) is 20.0 Å². The Bertz CT molecular complexity index is 982. The molecule has 0 saturated carbocycles. The monoisotopic (exact) mass is 537 g/mol. The molecule has 0 spiro atoms. The number of halogens is 3. The Hall–Kier alpha value is -2.35. The molecule has 0 unspecified atom stereocenters. The first-order valence-corrected chi connectivity index (χ1v) is 9.23. The zero-order valence-corrected chi connectivity index (χ0v) is 18.4. The smallest absolute Gasteiger partial charge is 0.387 e. The van der Waals surface area contributed by atoms with Crippen LogP contribution in [0.2, 0.25) is 0 Å². The van der Waals surface area contributed by atoms with E-state index in [-0.39, 0.29) is 43.1 Å². The SMILES string of the molecule is CN=C(NCc1cn2ccsc2n1)NCc1cc2c(cc1OC(F)F)OCO2.I. The van der Waals surface area contributed by atoms with Gasteiger partial charge in [0.05, 0.1) is 12.2 Å². The normalized spacial score (nSPS) is 12.9. The lowest BCUT2D eigenvalue weighted by Crippen LogP contribution is -2.36. The molecule has 0 aliphatic carbocycles. The maximum atomic E-state index is 12.7. The van der Waals surface area contributed by atoms with Gasteiger partial charge < -0.3 is 24.8 Å². The first-order chi connectivity index (χ1) is 13.6. The van der Waals surface area contributed by atoms with E-state index in [4.69, 9.17) is 9.47 Å². The van der Waals surface area contributed by atoms with Gasteiger partial charge in [0.2, 0.25) is 6.79 Å². The Morgan fingerprint density at radius 1 is 1.31 bits per heavy atom. The predicted octanol–water partition coefficient (Wildman–Crippen LogP) is 3.21. The Kier molecular flexibility index (Phi) is 6.95. The van der Waals surface area contributed by atoms with Crippen molar-refractivity contribution in [2.24, 2.45) is 4.99 Å². The van der Waals surface area contributed by atoms with E-state index in [0.717, 1.165) is 10.7 Å². The van der Waals surface area contributed by atoms with Gasteiger partial charge in [0.25, 0.3) is 0 Å². The van der Waals surface area contributed by atoms with Crippen LogP contribution >= 0.6 is 35.3 Å². The number of fused-ring (bicyclic) bond motifs is 2. The van der Waals surface area contributed by atoms with Crippen LogP contribution in [0.15, 0.2) is 34.9 Å². The highest BCUT2D eigenvalue weighted by Crippen LogP contribution is 2.38. The summed E-state index contributed by atoms with van der Waals surface area (Å²) in [6.07, 6.45) is 3.87. The summed E-state index contributed by atoms with van der Waals surface area (Å²) in [4.78, 5) is 9.54. The number of alkyl halides is 2. The van der Waals surface area contributed by atoms with Crippen molar-refractivity contribution >= 4 is 46.2 Å². The number of nitrogens with zero attached hydrogens (tertiary/aromatic N) is 3. The molecule has 0 fully saturated rings. The van der Waals surface area contributed by atoms with Crippen molar-refractivity contribution in [2.75, 3.05) is 13.8 Å². The molecule has 0 atom stereocenters. The first kappa shape index (κ1) is 21.4. The maximum absolute atomic E-state index is 12.7. The molecular formula is C17H18F2IN5O3S. The number of thiazole rings is 1. The molecule has 1 aliphatic heterocycles. The maximum Gasteiger partial charge on any atom is 0.387 e. The second-order valence-electron chi connectivity index (χ2n) is 5.80. The van der Waals surface area contributed by atoms with Crippen LogP contribution in [0.3, 0.4) is 0 Å². The number of rotatable bonds is 6. The lowest BCUT2D eigenvalue weighted by atomic mass is 10.1. The number of aliphatic imine (C=N–C) groups is 1. The average Bonchev–Trinajstić information content (AvgIpc) is 3.36. The number of benzene rings is 1. The van der Waals surface area contributed by atoms with Crippen LogP contribution in [-0.4, -0.2) is 35.8 Å². The lowest BCUT2D eigenvalue weighted by molar-refractivity contribution is -0.0505. The van der Waals surface area contributed by atoms with E-state index in [1.807, 2.05) is 22.2 Å². The van der Waals surface area contributed by atoms with Crippen LogP contribution in [-0.2, 0) is 13.1 Å². The van der Waals surface area contributed by atoms with E-state index in [0.29, 0.717) is 29.6 Å². The minimum absolute atomic E-state index is 0. The summed E-state index contributed by atoms with van der Waals surface area (Å²) in [6.45, 7) is -2.22. The van der Waals surface area contributed by atoms with E-state index >= 15 is 0 Å². The van der Waals surface area contributed by atoms with E-state index in [9.17, 15) is 8.78 Å². The third kappa shape index (κ3) is 4.98. The van der Waals surface area contributed by atoms with Crippen molar-refractivity contribution < 1.29 is 23.0 Å². The van der Waals surface area contributed by atoms with Gasteiger partial charge in [0.1, 0.15) is 5.75 Å². The third-order valence-electron chi connectivity index (χ3n) is 4.02. The van der Waals surface area contributed by atoms with Gasteiger partial charge in [-0.3, -0.25) is 9.39 Å². The molecular weight excluding hydrogens is 519 g/mol. The van der Waals surface area contributed by atoms with Crippen LogP contribution in [0.1, 0.15) is 11.3 Å². The fourth-order valence-electron chi connectivity index (χ4n) is 2.74. The van der Waals surface area contributed by atoms with E-state index in [1.54, 1.807) is 24.5 Å².